The maximum Gasteiger partial charge on any atom is 0.224 e. The van der Waals surface area contributed by atoms with E-state index in [1.165, 1.54) is 0 Å². The number of nitrogens with two attached hydrogens (primary N) is 1. The normalized spacial score (nSPS) is 21.7. The predicted octanol–water partition coefficient (Wildman–Crippen LogP) is 3.11. The maximum atomic E-state index is 13.9. The Balaban J connectivity index is 1.38. The Labute approximate surface area is 179 Å². The molecule has 0 spiro atoms. The van der Waals surface area contributed by atoms with Crippen LogP contribution in [0.25, 0.3) is 0 Å². The van der Waals surface area contributed by atoms with Gasteiger partial charge >= 0.3 is 0 Å². The van der Waals surface area contributed by atoms with Gasteiger partial charge in [0.15, 0.2) is 11.6 Å². The minimum atomic E-state index is -1.24. The lowest BCUT2D eigenvalue weighted by Gasteiger charge is -2.42. The number of carbonyl (C=O) groups is 1. The largest absolute Gasteiger partial charge is 0.342 e. The van der Waals surface area contributed by atoms with Crippen molar-refractivity contribution in [1.29, 1.82) is 0 Å². The summed E-state index contributed by atoms with van der Waals surface area (Å²) in [6, 6.07) is 0.946. The zero-order chi connectivity index (χ0) is 22.3. The third-order valence-electron chi connectivity index (χ3n) is 6.43. The molecule has 0 saturated carbocycles. The number of piperidine rings is 1. The summed E-state index contributed by atoms with van der Waals surface area (Å²) in [7, 11) is 0. The average Bonchev–Trinajstić information content (AvgIpc) is 3.16. The average molecular weight is 435 g/mol. The zero-order valence-corrected chi connectivity index (χ0v) is 17.8. The minimum absolute atomic E-state index is 0.0217. The van der Waals surface area contributed by atoms with Crippen LogP contribution in [0.15, 0.2) is 12.1 Å². The van der Waals surface area contributed by atoms with Crippen LogP contribution in [0.5, 0.6) is 0 Å². The third-order valence-corrected chi connectivity index (χ3v) is 6.43. The molecule has 9 heteroatoms. The summed E-state index contributed by atoms with van der Waals surface area (Å²) in [5, 5.41) is 8.73. The van der Waals surface area contributed by atoms with Gasteiger partial charge in [-0.05, 0) is 36.8 Å². The van der Waals surface area contributed by atoms with Crippen LogP contribution in [0.1, 0.15) is 62.3 Å². The van der Waals surface area contributed by atoms with Crippen LogP contribution in [0, 0.1) is 23.4 Å². The molecule has 0 bridgehead atoms. The quantitative estimate of drug-likeness (QED) is 0.733. The fourth-order valence-electron chi connectivity index (χ4n) is 4.88. The van der Waals surface area contributed by atoms with Crippen molar-refractivity contribution in [2.45, 2.75) is 64.0 Å². The van der Waals surface area contributed by atoms with Gasteiger partial charge in [0, 0.05) is 50.0 Å². The molecule has 2 N–H and O–H groups in total. The molecule has 1 aromatic heterocycles. The van der Waals surface area contributed by atoms with E-state index in [-0.39, 0.29) is 30.2 Å². The van der Waals surface area contributed by atoms with Crippen LogP contribution in [0.3, 0.4) is 0 Å². The Kier molecular flexibility index (Phi) is 6.05. The highest BCUT2D eigenvalue weighted by atomic mass is 19.2. The molecule has 168 valence electrons. The number of aromatic nitrogens is 3. The van der Waals surface area contributed by atoms with Gasteiger partial charge in [-0.2, -0.15) is 0 Å². The fraction of sp³-hybridized carbons (Fsp3) is 0.591. The summed E-state index contributed by atoms with van der Waals surface area (Å²) >= 11 is 0. The first-order chi connectivity index (χ1) is 14.7. The SMILES string of the molecule is CC(C)c1nnc2n1[C@@H]1CCN(C(=O)C[C@H](N)Cc3cc(F)c(F)cc3F)C[C@H]1CC2. The van der Waals surface area contributed by atoms with Crippen molar-refractivity contribution in [3.63, 3.8) is 0 Å². The number of halogens is 3. The molecule has 1 fully saturated rings. The second-order valence-electron chi connectivity index (χ2n) is 9.02. The number of aryl methyl sites for hydroxylation is 1. The standard InChI is InChI=1S/C22H28F3N5O/c1-12(2)22-28-27-20-4-3-13-11-29(6-5-19(13)30(20)22)21(31)9-15(26)7-14-8-17(24)18(25)10-16(14)23/h8,10,12-13,15,19H,3-7,9,11,26H2,1-2H3/t13-,15-,19-/m1/s1. The van der Waals surface area contributed by atoms with Crippen molar-refractivity contribution in [3.05, 3.63) is 46.8 Å². The van der Waals surface area contributed by atoms with Crippen LogP contribution < -0.4 is 5.73 Å². The molecular weight excluding hydrogens is 407 g/mol. The number of rotatable bonds is 5. The van der Waals surface area contributed by atoms with Gasteiger partial charge in [-0.25, -0.2) is 13.2 Å². The lowest BCUT2D eigenvalue weighted by atomic mass is 9.84. The molecule has 0 radical (unpaired) electrons. The lowest BCUT2D eigenvalue weighted by molar-refractivity contribution is -0.134. The molecule has 4 rings (SSSR count). The number of hydrogen-bond donors (Lipinski definition) is 1. The van der Waals surface area contributed by atoms with Crippen molar-refractivity contribution >= 4 is 5.91 Å². The first kappa shape index (κ1) is 21.8. The summed E-state index contributed by atoms with van der Waals surface area (Å²) < 4.78 is 42.7. The number of hydrogen-bond acceptors (Lipinski definition) is 4. The van der Waals surface area contributed by atoms with Gasteiger partial charge in [0.2, 0.25) is 5.91 Å². The topological polar surface area (TPSA) is 77.0 Å². The number of amides is 1. The van der Waals surface area contributed by atoms with E-state index in [2.05, 4.69) is 28.6 Å². The Morgan fingerprint density at radius 2 is 1.90 bits per heavy atom. The molecule has 2 aliphatic heterocycles. The van der Waals surface area contributed by atoms with E-state index >= 15 is 0 Å². The molecule has 3 heterocycles. The Hall–Kier alpha value is -2.42. The molecule has 1 amide bonds. The maximum absolute atomic E-state index is 13.9. The predicted molar refractivity (Wildman–Crippen MR) is 109 cm³/mol. The molecular formula is C22H28F3N5O. The Bertz CT molecular complexity index is 976. The molecule has 6 nitrogen and oxygen atoms in total. The number of fused-ring (bicyclic) bond motifs is 3. The van der Waals surface area contributed by atoms with Crippen molar-refractivity contribution in [2.24, 2.45) is 11.7 Å². The molecule has 31 heavy (non-hydrogen) atoms. The minimum Gasteiger partial charge on any atom is -0.342 e. The van der Waals surface area contributed by atoms with Crippen LogP contribution in [0.2, 0.25) is 0 Å². The Morgan fingerprint density at radius 3 is 2.65 bits per heavy atom. The number of nitrogens with zero attached hydrogens (tertiary/aromatic N) is 4. The van der Waals surface area contributed by atoms with Gasteiger partial charge in [-0.1, -0.05) is 13.8 Å². The highest BCUT2D eigenvalue weighted by molar-refractivity contribution is 5.77. The molecule has 1 saturated heterocycles. The van der Waals surface area contributed by atoms with E-state index in [0.717, 1.165) is 37.0 Å². The molecule has 2 aromatic rings. The van der Waals surface area contributed by atoms with E-state index < -0.39 is 23.5 Å². The van der Waals surface area contributed by atoms with Crippen molar-refractivity contribution in [3.8, 4) is 0 Å². The van der Waals surface area contributed by atoms with Crippen molar-refractivity contribution < 1.29 is 18.0 Å². The first-order valence-corrected chi connectivity index (χ1v) is 10.8. The van der Waals surface area contributed by atoms with E-state index in [0.29, 0.717) is 31.1 Å². The molecule has 3 atom stereocenters. The first-order valence-electron chi connectivity index (χ1n) is 10.8. The van der Waals surface area contributed by atoms with Gasteiger partial charge < -0.3 is 15.2 Å². The summed E-state index contributed by atoms with van der Waals surface area (Å²) in [4.78, 5) is 14.7. The van der Waals surface area contributed by atoms with E-state index in [4.69, 9.17) is 5.73 Å². The third kappa shape index (κ3) is 4.33. The second-order valence-corrected chi connectivity index (χ2v) is 9.02. The summed E-state index contributed by atoms with van der Waals surface area (Å²) in [5.74, 6) is -0.655. The molecule has 1 aromatic carbocycles. The van der Waals surface area contributed by atoms with E-state index in [9.17, 15) is 18.0 Å². The van der Waals surface area contributed by atoms with E-state index in [1.54, 1.807) is 0 Å². The number of carbonyl (C=O) groups excluding carboxylic acids is 1. The van der Waals surface area contributed by atoms with Crippen LogP contribution in [0.4, 0.5) is 13.2 Å². The highest BCUT2D eigenvalue weighted by Gasteiger charge is 2.38. The molecule has 0 unspecified atom stereocenters. The van der Waals surface area contributed by atoms with E-state index in [1.807, 2.05) is 4.90 Å². The lowest BCUT2D eigenvalue weighted by Crippen LogP contribution is -2.47. The molecule has 2 aliphatic rings. The van der Waals surface area contributed by atoms with Crippen LogP contribution in [-0.2, 0) is 17.6 Å². The van der Waals surface area contributed by atoms with Gasteiger partial charge in [0.25, 0.3) is 0 Å². The monoisotopic (exact) mass is 435 g/mol. The van der Waals surface area contributed by atoms with Gasteiger partial charge in [0.1, 0.15) is 17.5 Å². The number of likely N-dealkylation sites (tertiary alicyclic amines) is 1. The second kappa shape index (κ2) is 8.61. The number of benzene rings is 1. The summed E-state index contributed by atoms with van der Waals surface area (Å²) in [6.45, 7) is 5.47. The van der Waals surface area contributed by atoms with Crippen molar-refractivity contribution in [1.82, 2.24) is 19.7 Å². The Morgan fingerprint density at radius 1 is 1.16 bits per heavy atom. The van der Waals surface area contributed by atoms with Gasteiger partial charge in [-0.15, -0.1) is 10.2 Å². The van der Waals surface area contributed by atoms with Gasteiger partial charge in [0.05, 0.1) is 0 Å². The zero-order valence-electron chi connectivity index (χ0n) is 17.8. The van der Waals surface area contributed by atoms with Gasteiger partial charge in [-0.3, -0.25) is 4.79 Å². The summed E-state index contributed by atoms with van der Waals surface area (Å²) in [6.07, 6.45) is 2.63. The summed E-state index contributed by atoms with van der Waals surface area (Å²) in [5.41, 5.74) is 6.03. The highest BCUT2D eigenvalue weighted by Crippen LogP contribution is 2.38. The smallest absolute Gasteiger partial charge is 0.224 e. The van der Waals surface area contributed by atoms with Crippen molar-refractivity contribution in [2.75, 3.05) is 13.1 Å². The molecule has 0 aliphatic carbocycles. The van der Waals surface area contributed by atoms with Crippen LogP contribution in [-0.4, -0.2) is 44.7 Å². The fourth-order valence-corrected chi connectivity index (χ4v) is 4.88. The van der Waals surface area contributed by atoms with Crippen LogP contribution >= 0.6 is 0 Å².